The fraction of sp³-hybridized carbons (Fsp3) is 1.00. The van der Waals surface area contributed by atoms with E-state index in [2.05, 4.69) is 5.32 Å². The van der Waals surface area contributed by atoms with Crippen molar-refractivity contribution < 1.29 is 12.6 Å². The van der Waals surface area contributed by atoms with Gasteiger partial charge in [0.15, 0.2) is 0 Å². The first-order valence-corrected chi connectivity index (χ1v) is 8.28. The smallest absolute Gasteiger partial charge is 0.148 e. The van der Waals surface area contributed by atoms with Crippen LogP contribution in [0.5, 0.6) is 0 Å². The maximum atomic E-state index is 11.3. The molecule has 0 amide bonds. The van der Waals surface area contributed by atoms with Crippen molar-refractivity contribution in [3.05, 3.63) is 0 Å². The van der Waals surface area contributed by atoms with Crippen molar-refractivity contribution in [1.29, 1.82) is 0 Å². The van der Waals surface area contributed by atoms with Crippen molar-refractivity contribution in [3.8, 4) is 0 Å². The monoisotopic (exact) mass is 239 g/mol. The number of hydrogen-bond donors (Lipinski definition) is 1. The molecule has 0 aromatic rings. The minimum atomic E-state index is -2.96. The highest BCUT2D eigenvalue weighted by atomic mass is 32.2. The van der Waals surface area contributed by atoms with E-state index in [0.717, 1.165) is 6.54 Å². The zero-order valence-electron chi connectivity index (χ0n) is 8.36. The second-order valence-electron chi connectivity index (χ2n) is 3.71. The minimum absolute atomic E-state index is 0.0308. The van der Waals surface area contributed by atoms with Crippen LogP contribution in [0.2, 0.25) is 0 Å². The lowest BCUT2D eigenvalue weighted by Crippen LogP contribution is -2.24. The van der Waals surface area contributed by atoms with Gasteiger partial charge in [-0.05, 0) is 12.8 Å². The predicted octanol–water partition coefficient (Wildman–Crippen LogP) is -0.468. The molecule has 1 unspecified atom stereocenters. The summed E-state index contributed by atoms with van der Waals surface area (Å²) in [5, 5.41) is 3.24. The SMILES string of the molecule is CS(=O)(=O)CCS(=O)CCNC1CC1. The van der Waals surface area contributed by atoms with Gasteiger partial charge in [0.1, 0.15) is 9.84 Å². The third-order valence-corrected chi connectivity index (χ3v) is 4.54. The highest BCUT2D eigenvalue weighted by Crippen LogP contribution is 2.17. The largest absolute Gasteiger partial charge is 0.313 e. The van der Waals surface area contributed by atoms with Gasteiger partial charge in [-0.3, -0.25) is 4.21 Å². The van der Waals surface area contributed by atoms with Crippen LogP contribution in [-0.2, 0) is 20.6 Å². The maximum Gasteiger partial charge on any atom is 0.148 e. The molecule has 6 heteroatoms. The summed E-state index contributed by atoms with van der Waals surface area (Å²) in [4.78, 5) is 0. The van der Waals surface area contributed by atoms with Gasteiger partial charge in [0.05, 0.1) is 5.75 Å². The molecule has 1 fully saturated rings. The van der Waals surface area contributed by atoms with Crippen LogP contribution in [-0.4, -0.2) is 48.7 Å². The van der Waals surface area contributed by atoms with Gasteiger partial charge >= 0.3 is 0 Å². The molecule has 0 bridgehead atoms. The van der Waals surface area contributed by atoms with Gasteiger partial charge in [-0.25, -0.2) is 8.42 Å². The Morgan fingerprint density at radius 1 is 1.36 bits per heavy atom. The fourth-order valence-corrected chi connectivity index (χ4v) is 3.51. The van der Waals surface area contributed by atoms with Gasteiger partial charge in [-0.15, -0.1) is 0 Å². The molecule has 14 heavy (non-hydrogen) atoms. The second-order valence-corrected chi connectivity index (χ2v) is 7.66. The predicted molar refractivity (Wildman–Crippen MR) is 58.6 cm³/mol. The standard InChI is InChI=1S/C8H17NO3S2/c1-14(11,12)7-6-13(10)5-4-9-8-2-3-8/h8-9H,2-7H2,1H3. The molecule has 0 heterocycles. The Bertz CT molecular complexity index is 296. The number of nitrogens with one attached hydrogen (secondary N) is 1. The molecule has 1 aliphatic rings. The van der Waals surface area contributed by atoms with Crippen LogP contribution < -0.4 is 5.32 Å². The van der Waals surface area contributed by atoms with E-state index in [1.807, 2.05) is 0 Å². The summed E-state index contributed by atoms with van der Waals surface area (Å²) in [5.74, 6) is 0.861. The lowest BCUT2D eigenvalue weighted by atomic mass is 10.6. The zero-order valence-corrected chi connectivity index (χ0v) is 9.99. The van der Waals surface area contributed by atoms with E-state index in [-0.39, 0.29) is 11.5 Å². The minimum Gasteiger partial charge on any atom is -0.313 e. The van der Waals surface area contributed by atoms with E-state index < -0.39 is 20.6 Å². The van der Waals surface area contributed by atoms with Crippen LogP contribution in [0.15, 0.2) is 0 Å². The van der Waals surface area contributed by atoms with Crippen LogP contribution in [0.25, 0.3) is 0 Å². The first-order valence-electron chi connectivity index (χ1n) is 4.73. The summed E-state index contributed by atoms with van der Waals surface area (Å²) < 4.78 is 32.9. The molecule has 0 radical (unpaired) electrons. The normalized spacial score (nSPS) is 19.5. The molecule has 0 aliphatic heterocycles. The average molecular weight is 239 g/mol. The molecule has 1 N–H and O–H groups in total. The summed E-state index contributed by atoms with van der Waals surface area (Å²) >= 11 is 0. The van der Waals surface area contributed by atoms with Crippen LogP contribution in [0, 0.1) is 0 Å². The van der Waals surface area contributed by atoms with Gasteiger partial charge in [-0.2, -0.15) is 0 Å². The Morgan fingerprint density at radius 2 is 2.00 bits per heavy atom. The van der Waals surface area contributed by atoms with E-state index in [1.165, 1.54) is 19.1 Å². The third-order valence-electron chi connectivity index (χ3n) is 2.02. The molecule has 1 aliphatic carbocycles. The second kappa shape index (κ2) is 5.23. The van der Waals surface area contributed by atoms with Crippen LogP contribution in [0.3, 0.4) is 0 Å². The number of rotatable bonds is 7. The first-order chi connectivity index (χ1) is 6.47. The summed E-state index contributed by atoms with van der Waals surface area (Å²) in [6.45, 7) is 0.737. The van der Waals surface area contributed by atoms with Crippen molar-refractivity contribution in [2.24, 2.45) is 0 Å². The van der Waals surface area contributed by atoms with Crippen molar-refractivity contribution >= 4 is 20.6 Å². The van der Waals surface area contributed by atoms with Crippen LogP contribution in [0.1, 0.15) is 12.8 Å². The summed E-state index contributed by atoms with van der Waals surface area (Å²) in [5.41, 5.74) is 0. The van der Waals surface area contributed by atoms with Crippen molar-refractivity contribution in [2.45, 2.75) is 18.9 Å². The Hall–Kier alpha value is 0.0600. The van der Waals surface area contributed by atoms with E-state index in [0.29, 0.717) is 11.8 Å². The lowest BCUT2D eigenvalue weighted by Gasteiger charge is -2.02. The van der Waals surface area contributed by atoms with Crippen LogP contribution >= 0.6 is 0 Å². The summed E-state index contributed by atoms with van der Waals surface area (Å²) in [6, 6.07) is 0.627. The van der Waals surface area contributed by atoms with Gasteiger partial charge in [0.25, 0.3) is 0 Å². The highest BCUT2D eigenvalue weighted by Gasteiger charge is 2.19. The molecule has 4 nitrogen and oxygen atoms in total. The molecule has 0 spiro atoms. The van der Waals surface area contributed by atoms with Gasteiger partial charge in [0, 0.05) is 41.1 Å². The quantitative estimate of drug-likeness (QED) is 0.652. The lowest BCUT2D eigenvalue weighted by molar-refractivity contribution is 0.602. The Labute approximate surface area is 87.8 Å². The molecule has 1 rings (SSSR count). The van der Waals surface area contributed by atoms with Crippen molar-refractivity contribution in [2.75, 3.05) is 30.1 Å². The first kappa shape index (κ1) is 12.1. The Morgan fingerprint density at radius 3 is 2.50 bits per heavy atom. The molecule has 1 saturated carbocycles. The van der Waals surface area contributed by atoms with Crippen molar-refractivity contribution in [1.82, 2.24) is 5.32 Å². The molecule has 1 atom stereocenters. The van der Waals surface area contributed by atoms with Crippen molar-refractivity contribution in [3.63, 3.8) is 0 Å². The highest BCUT2D eigenvalue weighted by molar-refractivity contribution is 7.92. The molecule has 0 aromatic heterocycles. The van der Waals surface area contributed by atoms with E-state index >= 15 is 0 Å². The average Bonchev–Trinajstić information content (AvgIpc) is 2.83. The molecule has 84 valence electrons. The molecular weight excluding hydrogens is 222 g/mol. The fourth-order valence-electron chi connectivity index (χ4n) is 1.01. The topological polar surface area (TPSA) is 63.2 Å². The summed E-state index contributed by atoms with van der Waals surface area (Å²) in [6.07, 6.45) is 3.61. The maximum absolute atomic E-state index is 11.3. The zero-order chi connectivity index (χ0) is 10.6. The Balaban J connectivity index is 2.03. The van der Waals surface area contributed by atoms with E-state index in [4.69, 9.17) is 0 Å². The van der Waals surface area contributed by atoms with Gasteiger partial charge < -0.3 is 5.32 Å². The van der Waals surface area contributed by atoms with E-state index in [9.17, 15) is 12.6 Å². The molecule has 0 aromatic carbocycles. The molecular formula is C8H17NO3S2. The number of sulfone groups is 1. The van der Waals surface area contributed by atoms with E-state index in [1.54, 1.807) is 0 Å². The van der Waals surface area contributed by atoms with Gasteiger partial charge in [0.2, 0.25) is 0 Å². The third kappa shape index (κ3) is 6.50. The number of hydrogen-bond acceptors (Lipinski definition) is 4. The Kier molecular flexibility index (Phi) is 4.53. The molecule has 0 saturated heterocycles. The summed E-state index contributed by atoms with van der Waals surface area (Å²) in [7, 11) is -3.96. The van der Waals surface area contributed by atoms with Crippen LogP contribution in [0.4, 0.5) is 0 Å². The van der Waals surface area contributed by atoms with Gasteiger partial charge in [-0.1, -0.05) is 0 Å².